The van der Waals surface area contributed by atoms with Crippen LogP contribution >= 0.6 is 0 Å². The monoisotopic (exact) mass is 342 g/mol. The van der Waals surface area contributed by atoms with Crippen molar-refractivity contribution < 1.29 is 55.1 Å². The Morgan fingerprint density at radius 2 is 1.26 bits per heavy atom. The Morgan fingerprint density at radius 1 is 0.652 bits per heavy atom. The van der Waals surface area contributed by atoms with Gasteiger partial charge in [0.15, 0.2) is 12.6 Å². The van der Waals surface area contributed by atoms with Crippen LogP contribution in [0.1, 0.15) is 0 Å². The molecule has 0 bridgehead atoms. The van der Waals surface area contributed by atoms with Crippen LogP contribution in [0.2, 0.25) is 0 Å². The molecule has 2 fully saturated rings. The van der Waals surface area contributed by atoms with Gasteiger partial charge in [-0.2, -0.15) is 0 Å². The highest BCUT2D eigenvalue weighted by Crippen LogP contribution is 2.28. The van der Waals surface area contributed by atoms with E-state index in [1.165, 1.54) is 0 Å². The molecule has 2 heterocycles. The summed E-state index contributed by atoms with van der Waals surface area (Å²) in [5, 5.41) is 76.5. The molecule has 0 unspecified atom stereocenters. The normalized spacial score (nSPS) is 51.7. The summed E-state index contributed by atoms with van der Waals surface area (Å²) >= 11 is 0. The van der Waals surface area contributed by atoms with Crippen LogP contribution in [0.25, 0.3) is 0 Å². The van der Waals surface area contributed by atoms with Gasteiger partial charge in [-0.3, -0.25) is 0 Å². The molecule has 0 aromatic rings. The maximum Gasteiger partial charge on any atom is 0.187 e. The summed E-state index contributed by atoms with van der Waals surface area (Å²) in [5.74, 6) is 0. The molecule has 0 radical (unpaired) electrons. The molecule has 0 spiro atoms. The Bertz CT molecular complexity index is 378. The number of ether oxygens (including phenoxy) is 3. The van der Waals surface area contributed by atoms with Crippen molar-refractivity contribution in [3.8, 4) is 0 Å². The summed E-state index contributed by atoms with van der Waals surface area (Å²) < 4.78 is 15.3. The molecule has 0 saturated carbocycles. The Hall–Kier alpha value is -0.440. The molecule has 0 aliphatic carbocycles. The van der Waals surface area contributed by atoms with Gasteiger partial charge in [0.1, 0.15) is 48.8 Å². The molecule has 0 aromatic carbocycles. The second kappa shape index (κ2) is 7.63. The summed E-state index contributed by atoms with van der Waals surface area (Å²) in [6.45, 7) is -1.35. The first-order chi connectivity index (χ1) is 10.8. The van der Waals surface area contributed by atoms with Gasteiger partial charge in [0, 0.05) is 0 Å². The van der Waals surface area contributed by atoms with E-state index in [2.05, 4.69) is 0 Å². The number of hydrogen-bond donors (Lipinski definition) is 8. The predicted molar refractivity (Wildman–Crippen MR) is 68.6 cm³/mol. The van der Waals surface area contributed by atoms with E-state index in [9.17, 15) is 35.7 Å². The third-order valence-electron chi connectivity index (χ3n) is 3.98. The average molecular weight is 342 g/mol. The van der Waals surface area contributed by atoms with Crippen LogP contribution in [0.15, 0.2) is 0 Å². The van der Waals surface area contributed by atoms with Crippen LogP contribution in [-0.4, -0.2) is 115 Å². The number of hydrogen-bond acceptors (Lipinski definition) is 11. The van der Waals surface area contributed by atoms with E-state index in [1.54, 1.807) is 0 Å². The topological polar surface area (TPSA) is 190 Å². The van der Waals surface area contributed by atoms with E-state index in [-0.39, 0.29) is 0 Å². The molecule has 23 heavy (non-hydrogen) atoms. The van der Waals surface area contributed by atoms with Crippen LogP contribution in [0.4, 0.5) is 0 Å². The minimum absolute atomic E-state index is 0.667. The molecular formula is C12H22O11. The third-order valence-corrected chi connectivity index (χ3v) is 3.98. The van der Waals surface area contributed by atoms with Gasteiger partial charge in [-0.1, -0.05) is 0 Å². The second-order valence-corrected chi connectivity index (χ2v) is 5.53. The van der Waals surface area contributed by atoms with Crippen LogP contribution in [-0.2, 0) is 14.2 Å². The van der Waals surface area contributed by atoms with Gasteiger partial charge in [-0.15, -0.1) is 0 Å². The van der Waals surface area contributed by atoms with Crippen molar-refractivity contribution in [2.45, 2.75) is 61.4 Å². The smallest absolute Gasteiger partial charge is 0.187 e. The lowest BCUT2D eigenvalue weighted by Gasteiger charge is -2.45. The molecule has 2 aliphatic rings. The van der Waals surface area contributed by atoms with E-state index >= 15 is 0 Å². The fourth-order valence-corrected chi connectivity index (χ4v) is 2.57. The van der Waals surface area contributed by atoms with Crippen LogP contribution < -0.4 is 0 Å². The highest BCUT2D eigenvalue weighted by Gasteiger charge is 2.50. The zero-order chi connectivity index (χ0) is 17.3. The van der Waals surface area contributed by atoms with Gasteiger partial charge >= 0.3 is 0 Å². The lowest BCUT2D eigenvalue weighted by atomic mass is 9.97. The van der Waals surface area contributed by atoms with Crippen LogP contribution in [0.5, 0.6) is 0 Å². The summed E-state index contributed by atoms with van der Waals surface area (Å²) in [4.78, 5) is 0. The fourth-order valence-electron chi connectivity index (χ4n) is 2.57. The molecule has 11 nitrogen and oxygen atoms in total. The predicted octanol–water partition coefficient (Wildman–Crippen LogP) is -5.40. The van der Waals surface area contributed by atoms with E-state index in [4.69, 9.17) is 19.3 Å². The Kier molecular flexibility index (Phi) is 6.27. The van der Waals surface area contributed by atoms with Crippen molar-refractivity contribution in [3.63, 3.8) is 0 Å². The molecule has 11 heteroatoms. The second-order valence-electron chi connectivity index (χ2n) is 5.53. The molecule has 8 N–H and O–H groups in total. The molecule has 0 aromatic heterocycles. The zero-order valence-corrected chi connectivity index (χ0v) is 12.0. The Labute approximate surface area is 130 Å². The van der Waals surface area contributed by atoms with E-state index in [0.717, 1.165) is 0 Å². The van der Waals surface area contributed by atoms with Crippen molar-refractivity contribution >= 4 is 0 Å². The van der Waals surface area contributed by atoms with Gasteiger partial charge in [0.05, 0.1) is 13.2 Å². The summed E-state index contributed by atoms with van der Waals surface area (Å²) in [5.41, 5.74) is 0. The largest absolute Gasteiger partial charge is 0.394 e. The van der Waals surface area contributed by atoms with Gasteiger partial charge in [0.25, 0.3) is 0 Å². The summed E-state index contributed by atoms with van der Waals surface area (Å²) in [6.07, 6.45) is -15.6. The Morgan fingerprint density at radius 3 is 1.83 bits per heavy atom. The quantitative estimate of drug-likeness (QED) is 0.243. The van der Waals surface area contributed by atoms with Gasteiger partial charge in [0.2, 0.25) is 0 Å². The van der Waals surface area contributed by atoms with Crippen molar-refractivity contribution in [1.82, 2.24) is 0 Å². The number of aliphatic hydroxyl groups is 8. The van der Waals surface area contributed by atoms with Gasteiger partial charge < -0.3 is 55.1 Å². The van der Waals surface area contributed by atoms with Gasteiger partial charge in [-0.25, -0.2) is 0 Å². The zero-order valence-electron chi connectivity index (χ0n) is 12.0. The molecule has 0 amide bonds. The van der Waals surface area contributed by atoms with Crippen LogP contribution in [0, 0.1) is 0 Å². The molecule has 136 valence electrons. The van der Waals surface area contributed by atoms with Crippen molar-refractivity contribution in [2.75, 3.05) is 13.2 Å². The van der Waals surface area contributed by atoms with Crippen molar-refractivity contribution in [1.29, 1.82) is 0 Å². The fraction of sp³-hybridized carbons (Fsp3) is 1.00. The number of rotatable bonds is 4. The summed E-state index contributed by atoms with van der Waals surface area (Å²) in [7, 11) is 0. The maximum absolute atomic E-state index is 9.94. The lowest BCUT2D eigenvalue weighted by molar-refractivity contribution is -0.355. The summed E-state index contributed by atoms with van der Waals surface area (Å²) in [6, 6.07) is 0. The minimum atomic E-state index is -1.74. The van der Waals surface area contributed by atoms with Crippen molar-refractivity contribution in [2.24, 2.45) is 0 Å². The standard InChI is InChI=1S/C12H22O11/c13-1-3-5(15)6(16)9(19)12(22-3)23-10-4(2-14)21-11(20)8(18)7(10)17/h3-20H,1-2H2/t3-,4-,5+,6+,7+,8+,9-,10+,11+,12-/m0/s1. The SMILES string of the molecule is OC[C@@H]1O[C@@H](O[C@H]2[C@H](O)[C@@H](O)[C@H](O)O[C@H]2CO)[C@@H](O)[C@H](O)[C@@H]1O. The molecule has 10 atom stereocenters. The average Bonchev–Trinajstić information content (AvgIpc) is 2.55. The first-order valence-electron chi connectivity index (χ1n) is 7.08. The minimum Gasteiger partial charge on any atom is -0.394 e. The number of aliphatic hydroxyl groups excluding tert-OH is 8. The first-order valence-corrected chi connectivity index (χ1v) is 7.08. The molecule has 2 aliphatic heterocycles. The van der Waals surface area contributed by atoms with Gasteiger partial charge in [-0.05, 0) is 0 Å². The molecular weight excluding hydrogens is 320 g/mol. The Balaban J connectivity index is 2.11. The van der Waals surface area contributed by atoms with Crippen LogP contribution in [0.3, 0.4) is 0 Å². The third kappa shape index (κ3) is 3.65. The highest BCUT2D eigenvalue weighted by atomic mass is 16.7. The van der Waals surface area contributed by atoms with E-state index in [1.807, 2.05) is 0 Å². The van der Waals surface area contributed by atoms with E-state index < -0.39 is 74.6 Å². The highest BCUT2D eigenvalue weighted by molar-refractivity contribution is 4.93. The molecule has 2 rings (SSSR count). The lowest BCUT2D eigenvalue weighted by Crippen LogP contribution is -2.64. The van der Waals surface area contributed by atoms with E-state index in [0.29, 0.717) is 0 Å². The maximum atomic E-state index is 9.94. The molecule has 2 saturated heterocycles. The first kappa shape index (κ1) is 18.9. The van der Waals surface area contributed by atoms with Crippen molar-refractivity contribution in [3.05, 3.63) is 0 Å².